The molecule has 2 aromatic carbocycles. The second-order valence-electron chi connectivity index (χ2n) is 7.70. The summed E-state index contributed by atoms with van der Waals surface area (Å²) in [7, 11) is 0. The number of nitrogens with zero attached hydrogens (tertiary/aromatic N) is 2. The lowest BCUT2D eigenvalue weighted by atomic mass is 10.1. The number of aromatic nitrogens is 2. The quantitative estimate of drug-likeness (QED) is 0.365. The Labute approximate surface area is 189 Å². The van der Waals surface area contributed by atoms with E-state index in [0.717, 1.165) is 50.7 Å². The number of rotatable bonds is 8. The van der Waals surface area contributed by atoms with Crippen molar-refractivity contribution in [2.75, 3.05) is 18.5 Å². The van der Waals surface area contributed by atoms with Crippen LogP contribution in [0.3, 0.4) is 0 Å². The lowest BCUT2D eigenvalue weighted by molar-refractivity contribution is -0.137. The fourth-order valence-electron chi connectivity index (χ4n) is 3.85. The number of benzene rings is 2. The summed E-state index contributed by atoms with van der Waals surface area (Å²) in [6, 6.07) is 14.2. The third kappa shape index (κ3) is 4.31. The molecule has 32 heavy (non-hydrogen) atoms. The number of aliphatic carboxylic acids is 1. The first-order chi connectivity index (χ1) is 15.7. The largest absolute Gasteiger partial charge is 0.486 e. The zero-order chi connectivity index (χ0) is 21.9. The van der Waals surface area contributed by atoms with E-state index in [1.165, 1.54) is 4.70 Å². The standard InChI is InChI=1S/C24H23N3O4S/c28-21(29)8-4-3-7-20-26-23(22-16-5-1-2-6-19(16)32-24(22)27-20)25-14-15-9-10-17-18(13-15)31-12-11-30-17/h1-2,5-6,9-10,13H,3-4,7-8,11-12,14H2,(H,28,29)(H,25,26,27). The van der Waals surface area contributed by atoms with Gasteiger partial charge in [-0.2, -0.15) is 0 Å². The van der Waals surface area contributed by atoms with E-state index in [0.29, 0.717) is 32.6 Å². The van der Waals surface area contributed by atoms with Crippen LogP contribution in [0, 0.1) is 0 Å². The lowest BCUT2D eigenvalue weighted by Crippen LogP contribution is -2.15. The highest BCUT2D eigenvalue weighted by molar-refractivity contribution is 7.25. The molecule has 0 fully saturated rings. The Morgan fingerprint density at radius 3 is 2.78 bits per heavy atom. The number of carboxylic acids is 1. The van der Waals surface area contributed by atoms with E-state index in [-0.39, 0.29) is 6.42 Å². The van der Waals surface area contributed by atoms with Gasteiger partial charge >= 0.3 is 5.97 Å². The Balaban J connectivity index is 1.43. The number of nitrogens with one attached hydrogen (secondary N) is 1. The molecule has 3 heterocycles. The third-order valence-corrected chi connectivity index (χ3v) is 6.46. The smallest absolute Gasteiger partial charge is 0.303 e. The van der Waals surface area contributed by atoms with E-state index < -0.39 is 5.97 Å². The van der Waals surface area contributed by atoms with Gasteiger partial charge in [-0.05, 0) is 36.6 Å². The number of carboxylic acid groups (broad SMARTS) is 1. The van der Waals surface area contributed by atoms with Gasteiger partial charge in [-0.3, -0.25) is 4.79 Å². The predicted molar refractivity (Wildman–Crippen MR) is 125 cm³/mol. The van der Waals surface area contributed by atoms with Crippen LogP contribution < -0.4 is 14.8 Å². The van der Waals surface area contributed by atoms with Crippen molar-refractivity contribution in [2.45, 2.75) is 32.2 Å². The van der Waals surface area contributed by atoms with Gasteiger partial charge in [0.05, 0.1) is 5.39 Å². The molecule has 0 aliphatic carbocycles. The van der Waals surface area contributed by atoms with Crippen LogP contribution >= 0.6 is 11.3 Å². The number of thiophene rings is 1. The number of ether oxygens (including phenoxy) is 2. The van der Waals surface area contributed by atoms with Crippen LogP contribution in [-0.4, -0.2) is 34.3 Å². The van der Waals surface area contributed by atoms with Crippen LogP contribution in [-0.2, 0) is 17.8 Å². The Morgan fingerprint density at radius 1 is 1.06 bits per heavy atom. The molecule has 2 aromatic heterocycles. The molecule has 0 saturated heterocycles. The molecule has 0 amide bonds. The first kappa shape index (κ1) is 20.5. The summed E-state index contributed by atoms with van der Waals surface area (Å²) in [5, 5.41) is 14.5. The SMILES string of the molecule is O=C(O)CCCCc1nc(NCc2ccc3c(c2)OCCO3)c2c(n1)sc1ccccc12. The summed E-state index contributed by atoms with van der Waals surface area (Å²) in [5.41, 5.74) is 1.07. The number of hydrogen-bond acceptors (Lipinski definition) is 7. The van der Waals surface area contributed by atoms with Crippen LogP contribution in [0.1, 0.15) is 30.7 Å². The van der Waals surface area contributed by atoms with Crippen LogP contribution in [0.2, 0.25) is 0 Å². The van der Waals surface area contributed by atoms with E-state index in [4.69, 9.17) is 24.5 Å². The summed E-state index contributed by atoms with van der Waals surface area (Å²) < 4.78 is 12.5. The molecule has 1 aliphatic rings. The van der Waals surface area contributed by atoms with Crippen LogP contribution in [0.15, 0.2) is 42.5 Å². The van der Waals surface area contributed by atoms with Gasteiger partial charge in [0.1, 0.15) is 29.7 Å². The van der Waals surface area contributed by atoms with E-state index in [2.05, 4.69) is 17.4 Å². The second kappa shape index (κ2) is 9.00. The molecule has 4 aromatic rings. The lowest BCUT2D eigenvalue weighted by Gasteiger charge is -2.19. The Kier molecular flexibility index (Phi) is 5.77. The van der Waals surface area contributed by atoms with Gasteiger partial charge in [-0.1, -0.05) is 24.3 Å². The molecular formula is C24H23N3O4S. The monoisotopic (exact) mass is 449 g/mol. The van der Waals surface area contributed by atoms with E-state index in [1.54, 1.807) is 11.3 Å². The second-order valence-corrected chi connectivity index (χ2v) is 8.73. The first-order valence-corrected chi connectivity index (χ1v) is 11.5. The van der Waals surface area contributed by atoms with Gasteiger partial charge in [0.15, 0.2) is 11.5 Å². The Bertz CT molecular complexity index is 1290. The molecule has 0 atom stereocenters. The maximum absolute atomic E-state index is 10.8. The summed E-state index contributed by atoms with van der Waals surface area (Å²) >= 11 is 1.65. The maximum Gasteiger partial charge on any atom is 0.303 e. The highest BCUT2D eigenvalue weighted by Crippen LogP contribution is 2.37. The van der Waals surface area contributed by atoms with Gasteiger partial charge < -0.3 is 19.9 Å². The molecule has 0 spiro atoms. The molecule has 0 bridgehead atoms. The van der Waals surface area contributed by atoms with Gasteiger partial charge in [0.2, 0.25) is 0 Å². The zero-order valence-corrected chi connectivity index (χ0v) is 18.3. The molecule has 1 aliphatic heterocycles. The fourth-order valence-corrected chi connectivity index (χ4v) is 4.94. The van der Waals surface area contributed by atoms with Crippen LogP contribution in [0.25, 0.3) is 20.3 Å². The van der Waals surface area contributed by atoms with E-state index >= 15 is 0 Å². The van der Waals surface area contributed by atoms with Gasteiger partial charge in [-0.15, -0.1) is 11.3 Å². The minimum absolute atomic E-state index is 0.167. The highest BCUT2D eigenvalue weighted by Gasteiger charge is 2.15. The van der Waals surface area contributed by atoms with Crippen LogP contribution in [0.4, 0.5) is 5.82 Å². The van der Waals surface area contributed by atoms with Crippen molar-refractivity contribution in [3.05, 3.63) is 53.9 Å². The predicted octanol–water partition coefficient (Wildman–Crippen LogP) is 5.03. The van der Waals surface area contributed by atoms with Crippen molar-refractivity contribution in [1.29, 1.82) is 0 Å². The first-order valence-electron chi connectivity index (χ1n) is 10.7. The highest BCUT2D eigenvalue weighted by atomic mass is 32.1. The molecule has 0 saturated carbocycles. The van der Waals surface area contributed by atoms with Crippen molar-refractivity contribution in [3.63, 3.8) is 0 Å². The molecule has 8 heteroatoms. The molecule has 0 unspecified atom stereocenters. The minimum Gasteiger partial charge on any atom is -0.486 e. The average molecular weight is 450 g/mol. The molecule has 164 valence electrons. The molecular weight excluding hydrogens is 426 g/mol. The van der Waals surface area contributed by atoms with Crippen molar-refractivity contribution in [1.82, 2.24) is 9.97 Å². The van der Waals surface area contributed by atoms with Gasteiger partial charge in [-0.25, -0.2) is 9.97 Å². The fraction of sp³-hybridized carbons (Fsp3) is 0.292. The maximum atomic E-state index is 10.8. The van der Waals surface area contributed by atoms with Crippen molar-refractivity contribution in [3.8, 4) is 11.5 Å². The Morgan fingerprint density at radius 2 is 1.91 bits per heavy atom. The third-order valence-electron chi connectivity index (χ3n) is 5.39. The number of anilines is 1. The van der Waals surface area contributed by atoms with Gasteiger partial charge in [0.25, 0.3) is 0 Å². The summed E-state index contributed by atoms with van der Waals surface area (Å²) in [6.07, 6.45) is 2.17. The number of unbranched alkanes of at least 4 members (excludes halogenated alkanes) is 1. The molecule has 0 radical (unpaired) electrons. The number of fused-ring (bicyclic) bond motifs is 4. The number of aryl methyl sites for hydroxylation is 1. The van der Waals surface area contributed by atoms with Crippen molar-refractivity contribution in [2.24, 2.45) is 0 Å². The zero-order valence-electron chi connectivity index (χ0n) is 17.5. The average Bonchev–Trinajstić information content (AvgIpc) is 3.18. The summed E-state index contributed by atoms with van der Waals surface area (Å²) in [5.74, 6) is 2.31. The topological polar surface area (TPSA) is 93.6 Å². The van der Waals surface area contributed by atoms with Crippen molar-refractivity contribution < 1.29 is 19.4 Å². The number of hydrogen-bond donors (Lipinski definition) is 2. The van der Waals surface area contributed by atoms with E-state index in [1.807, 2.05) is 30.3 Å². The molecule has 7 nitrogen and oxygen atoms in total. The van der Waals surface area contributed by atoms with Crippen LogP contribution in [0.5, 0.6) is 11.5 Å². The molecule has 2 N–H and O–H groups in total. The summed E-state index contributed by atoms with van der Waals surface area (Å²) in [4.78, 5) is 21.3. The minimum atomic E-state index is -0.771. The number of carbonyl (C=O) groups is 1. The summed E-state index contributed by atoms with van der Waals surface area (Å²) in [6.45, 7) is 1.72. The van der Waals surface area contributed by atoms with Gasteiger partial charge in [0, 0.05) is 29.5 Å². The van der Waals surface area contributed by atoms with E-state index in [9.17, 15) is 4.79 Å². The Hall–Kier alpha value is -3.39. The molecule has 5 rings (SSSR count). The normalized spacial score (nSPS) is 12.9. The van der Waals surface area contributed by atoms with Crippen molar-refractivity contribution >= 4 is 43.4 Å².